The van der Waals surface area contributed by atoms with E-state index in [1.165, 1.54) is 18.6 Å². The average Bonchev–Trinajstić information content (AvgIpc) is 2.66. The van der Waals surface area contributed by atoms with Crippen LogP contribution < -0.4 is 10.6 Å². The van der Waals surface area contributed by atoms with Crippen LogP contribution in [0.2, 0.25) is 0 Å². The standard InChI is InChI=1S/C20H29F3N4O3/c1-19(2,3)16(18(29)30)27-15(20(21,22)23)14(12-7-5-4-6-8-12)26-17(28)13-11-24-9-10-25-13/h9-12,14-16,27H,4-8H2,1-3H3,(H,26,28)(H,29,30)/t14?,15?,16-/m1/s1. The molecule has 1 aliphatic carbocycles. The van der Waals surface area contributed by atoms with Gasteiger partial charge in [0.25, 0.3) is 5.91 Å². The van der Waals surface area contributed by atoms with Crippen molar-refractivity contribution in [1.82, 2.24) is 20.6 Å². The van der Waals surface area contributed by atoms with Crippen molar-refractivity contribution in [3.8, 4) is 0 Å². The number of carbonyl (C=O) groups is 2. The summed E-state index contributed by atoms with van der Waals surface area (Å²) in [7, 11) is 0. The largest absolute Gasteiger partial charge is 0.480 e. The Hall–Kier alpha value is -2.23. The Labute approximate surface area is 173 Å². The number of carbonyl (C=O) groups excluding carboxylic acids is 1. The van der Waals surface area contributed by atoms with Gasteiger partial charge in [-0.3, -0.25) is 19.9 Å². The maximum Gasteiger partial charge on any atom is 0.405 e. The molecule has 0 saturated heterocycles. The topological polar surface area (TPSA) is 104 Å². The van der Waals surface area contributed by atoms with Crippen molar-refractivity contribution < 1.29 is 27.9 Å². The molecule has 7 nitrogen and oxygen atoms in total. The smallest absolute Gasteiger partial charge is 0.405 e. The Kier molecular flexibility index (Phi) is 7.79. The molecule has 3 atom stereocenters. The van der Waals surface area contributed by atoms with E-state index in [9.17, 15) is 27.9 Å². The summed E-state index contributed by atoms with van der Waals surface area (Å²) in [5.74, 6) is -2.58. The molecule has 1 aliphatic rings. The van der Waals surface area contributed by atoms with Crippen molar-refractivity contribution in [3.05, 3.63) is 24.3 Å². The van der Waals surface area contributed by atoms with Gasteiger partial charge in [0.1, 0.15) is 17.8 Å². The number of alkyl halides is 3. The Morgan fingerprint density at radius 1 is 1.13 bits per heavy atom. The molecule has 3 N–H and O–H groups in total. The summed E-state index contributed by atoms with van der Waals surface area (Å²) in [6, 6.07) is -5.01. The van der Waals surface area contributed by atoms with Gasteiger partial charge in [0.2, 0.25) is 0 Å². The fourth-order valence-corrected chi connectivity index (χ4v) is 3.88. The minimum atomic E-state index is -4.77. The lowest BCUT2D eigenvalue weighted by Gasteiger charge is -2.40. The van der Waals surface area contributed by atoms with Crippen LogP contribution >= 0.6 is 0 Å². The van der Waals surface area contributed by atoms with Crippen LogP contribution in [-0.2, 0) is 4.79 Å². The van der Waals surface area contributed by atoms with E-state index in [-0.39, 0.29) is 5.69 Å². The van der Waals surface area contributed by atoms with E-state index in [0.717, 1.165) is 19.3 Å². The summed E-state index contributed by atoms with van der Waals surface area (Å²) in [5, 5.41) is 14.3. The van der Waals surface area contributed by atoms with E-state index >= 15 is 0 Å². The molecule has 1 saturated carbocycles. The van der Waals surface area contributed by atoms with E-state index in [2.05, 4.69) is 20.6 Å². The molecule has 1 heterocycles. The van der Waals surface area contributed by atoms with Gasteiger partial charge in [-0.2, -0.15) is 13.2 Å². The third-order valence-electron chi connectivity index (χ3n) is 5.42. The molecular formula is C20H29F3N4O3. The van der Waals surface area contributed by atoms with Crippen LogP contribution in [0.5, 0.6) is 0 Å². The first-order valence-electron chi connectivity index (χ1n) is 10.0. The highest BCUT2D eigenvalue weighted by Crippen LogP contribution is 2.34. The highest BCUT2D eigenvalue weighted by atomic mass is 19.4. The van der Waals surface area contributed by atoms with E-state index in [1.807, 2.05) is 0 Å². The van der Waals surface area contributed by atoms with Crippen LogP contribution in [0.4, 0.5) is 13.2 Å². The van der Waals surface area contributed by atoms with Crippen LogP contribution in [0.1, 0.15) is 63.4 Å². The highest BCUT2D eigenvalue weighted by molar-refractivity contribution is 5.92. The molecule has 10 heteroatoms. The second kappa shape index (κ2) is 9.72. The van der Waals surface area contributed by atoms with Gasteiger partial charge in [0, 0.05) is 12.4 Å². The van der Waals surface area contributed by atoms with E-state index < -0.39 is 47.5 Å². The van der Waals surface area contributed by atoms with Gasteiger partial charge in [0.15, 0.2) is 0 Å². The zero-order valence-corrected chi connectivity index (χ0v) is 17.4. The molecule has 1 amide bonds. The van der Waals surface area contributed by atoms with Crippen LogP contribution in [0.15, 0.2) is 18.6 Å². The number of amides is 1. The van der Waals surface area contributed by atoms with Gasteiger partial charge < -0.3 is 10.4 Å². The highest BCUT2D eigenvalue weighted by Gasteiger charge is 2.50. The molecule has 0 bridgehead atoms. The third-order valence-corrected chi connectivity index (χ3v) is 5.42. The first kappa shape index (κ1) is 24.0. The zero-order valence-electron chi connectivity index (χ0n) is 17.4. The number of aliphatic carboxylic acids is 1. The SMILES string of the molecule is CC(C)(C)[C@H](NC(C(NC(=O)c1cnccn1)C1CCCCC1)C(F)(F)F)C(=O)O. The van der Waals surface area contributed by atoms with Crippen LogP contribution in [0, 0.1) is 11.3 Å². The van der Waals surface area contributed by atoms with Gasteiger partial charge in [-0.15, -0.1) is 0 Å². The average molecular weight is 430 g/mol. The normalized spacial score (nSPS) is 19.0. The summed E-state index contributed by atoms with van der Waals surface area (Å²) in [5.41, 5.74) is -1.06. The molecule has 1 fully saturated rings. The summed E-state index contributed by atoms with van der Waals surface area (Å²) in [6.45, 7) is 4.67. The molecule has 0 aromatic carbocycles. The Balaban J connectivity index is 2.39. The van der Waals surface area contributed by atoms with Crippen LogP contribution in [-0.4, -0.2) is 51.3 Å². The second-order valence-corrected chi connectivity index (χ2v) is 8.81. The maximum atomic E-state index is 14.2. The second-order valence-electron chi connectivity index (χ2n) is 8.81. The number of carboxylic acids is 1. The molecule has 2 unspecified atom stereocenters. The molecule has 1 aromatic heterocycles. The van der Waals surface area contributed by atoms with Gasteiger partial charge >= 0.3 is 12.1 Å². The Morgan fingerprint density at radius 2 is 1.77 bits per heavy atom. The summed E-state index contributed by atoms with van der Waals surface area (Å²) in [4.78, 5) is 32.0. The minimum Gasteiger partial charge on any atom is -0.480 e. The Morgan fingerprint density at radius 3 is 2.23 bits per heavy atom. The number of nitrogens with zero attached hydrogens (tertiary/aromatic N) is 2. The fraction of sp³-hybridized carbons (Fsp3) is 0.700. The first-order chi connectivity index (χ1) is 13.9. The van der Waals surface area contributed by atoms with Crippen molar-refractivity contribution in [2.45, 2.75) is 77.2 Å². The van der Waals surface area contributed by atoms with E-state index in [0.29, 0.717) is 12.8 Å². The van der Waals surface area contributed by atoms with Crippen LogP contribution in [0.3, 0.4) is 0 Å². The minimum absolute atomic E-state index is 0.0927. The van der Waals surface area contributed by atoms with Gasteiger partial charge in [-0.05, 0) is 24.2 Å². The molecule has 1 aromatic rings. The Bertz CT molecular complexity index is 716. The lowest BCUT2D eigenvalue weighted by molar-refractivity contribution is -0.173. The van der Waals surface area contributed by atoms with Crippen molar-refractivity contribution in [2.24, 2.45) is 11.3 Å². The van der Waals surface area contributed by atoms with Crippen molar-refractivity contribution in [2.75, 3.05) is 0 Å². The molecule has 2 rings (SSSR count). The van der Waals surface area contributed by atoms with Crippen molar-refractivity contribution in [1.29, 1.82) is 0 Å². The quantitative estimate of drug-likeness (QED) is 0.614. The molecule has 30 heavy (non-hydrogen) atoms. The van der Waals surface area contributed by atoms with Gasteiger partial charge in [-0.25, -0.2) is 4.98 Å². The van der Waals surface area contributed by atoms with Crippen molar-refractivity contribution in [3.63, 3.8) is 0 Å². The van der Waals surface area contributed by atoms with Crippen LogP contribution in [0.25, 0.3) is 0 Å². The molecule has 168 valence electrons. The number of hydrogen-bond acceptors (Lipinski definition) is 5. The van der Waals surface area contributed by atoms with E-state index in [1.54, 1.807) is 20.8 Å². The van der Waals surface area contributed by atoms with E-state index in [4.69, 9.17) is 0 Å². The number of halogens is 3. The molecule has 0 radical (unpaired) electrons. The predicted octanol–water partition coefficient (Wildman–Crippen LogP) is 3.18. The summed E-state index contributed by atoms with van der Waals surface area (Å²) < 4.78 is 42.5. The monoisotopic (exact) mass is 430 g/mol. The number of nitrogens with one attached hydrogen (secondary N) is 2. The summed E-state index contributed by atoms with van der Waals surface area (Å²) in [6.07, 6.45) is 2.53. The van der Waals surface area contributed by atoms with Crippen molar-refractivity contribution >= 4 is 11.9 Å². The lowest BCUT2D eigenvalue weighted by atomic mass is 9.79. The molecule has 0 spiro atoms. The number of rotatable bonds is 7. The van der Waals surface area contributed by atoms with Gasteiger partial charge in [-0.1, -0.05) is 40.0 Å². The number of aromatic nitrogens is 2. The molecular weight excluding hydrogens is 401 g/mol. The van der Waals surface area contributed by atoms with Gasteiger partial charge in [0.05, 0.1) is 12.2 Å². The molecule has 0 aliphatic heterocycles. The third kappa shape index (κ3) is 6.38. The lowest BCUT2D eigenvalue weighted by Crippen LogP contribution is -2.65. The predicted molar refractivity (Wildman–Crippen MR) is 104 cm³/mol. The number of carboxylic acid groups (broad SMARTS) is 1. The zero-order chi connectivity index (χ0) is 22.5. The maximum absolute atomic E-state index is 14.2. The summed E-state index contributed by atoms with van der Waals surface area (Å²) >= 11 is 0. The first-order valence-corrected chi connectivity index (χ1v) is 10.0. The fourth-order valence-electron chi connectivity index (χ4n) is 3.88. The number of hydrogen-bond donors (Lipinski definition) is 3.